The van der Waals surface area contributed by atoms with Crippen LogP contribution >= 0.6 is 0 Å². The third kappa shape index (κ3) is 3.76. The molecule has 2 aromatic rings. The molecular weight excluding hydrogens is 304 g/mol. The predicted molar refractivity (Wildman–Crippen MR) is 93.1 cm³/mol. The van der Waals surface area contributed by atoms with Crippen molar-refractivity contribution >= 4 is 11.7 Å². The first-order chi connectivity index (χ1) is 11.7. The van der Waals surface area contributed by atoms with Crippen molar-refractivity contribution in [2.75, 3.05) is 25.5 Å². The number of benzene rings is 1. The van der Waals surface area contributed by atoms with Gasteiger partial charge in [-0.2, -0.15) is 5.10 Å². The summed E-state index contributed by atoms with van der Waals surface area (Å²) in [6.45, 7) is 3.53. The first kappa shape index (κ1) is 16.5. The summed E-state index contributed by atoms with van der Waals surface area (Å²) in [6, 6.07) is 10.2. The summed E-state index contributed by atoms with van der Waals surface area (Å²) in [4.78, 5) is 14.2. The van der Waals surface area contributed by atoms with Gasteiger partial charge in [-0.15, -0.1) is 0 Å². The molecule has 1 aromatic heterocycles. The number of hydrogen-bond acceptors (Lipinski definition) is 3. The molecule has 1 aliphatic heterocycles. The summed E-state index contributed by atoms with van der Waals surface area (Å²) in [7, 11) is 1.72. The molecule has 128 valence electrons. The number of urea groups is 1. The molecule has 1 unspecified atom stereocenters. The first-order valence-electron chi connectivity index (χ1n) is 8.35. The van der Waals surface area contributed by atoms with E-state index in [0.717, 1.165) is 31.6 Å². The molecule has 0 radical (unpaired) electrons. The average Bonchev–Trinajstić information content (AvgIpc) is 3.10. The van der Waals surface area contributed by atoms with E-state index in [-0.39, 0.29) is 18.2 Å². The smallest absolute Gasteiger partial charge is 0.321 e. The number of carbonyl (C=O) groups excluding carboxylic acids is 1. The summed E-state index contributed by atoms with van der Waals surface area (Å²) >= 11 is 0. The molecular formula is C18H24N4O2. The van der Waals surface area contributed by atoms with Crippen molar-refractivity contribution in [1.29, 1.82) is 0 Å². The maximum absolute atomic E-state index is 12.3. The van der Waals surface area contributed by atoms with Gasteiger partial charge >= 0.3 is 6.03 Å². The van der Waals surface area contributed by atoms with Gasteiger partial charge in [0.15, 0.2) is 0 Å². The van der Waals surface area contributed by atoms with E-state index in [1.807, 2.05) is 34.0 Å². The van der Waals surface area contributed by atoms with Crippen LogP contribution in [0.5, 0.6) is 0 Å². The third-order valence-electron chi connectivity index (χ3n) is 4.59. The number of aromatic nitrogens is 2. The van der Waals surface area contributed by atoms with Gasteiger partial charge in [0, 0.05) is 26.4 Å². The number of hydrogen-bond donors (Lipinski definition) is 1. The Balaban J connectivity index is 1.59. The molecule has 2 amide bonds. The predicted octanol–water partition coefficient (Wildman–Crippen LogP) is 3.14. The van der Waals surface area contributed by atoms with Crippen molar-refractivity contribution in [2.24, 2.45) is 0 Å². The van der Waals surface area contributed by atoms with E-state index < -0.39 is 0 Å². The van der Waals surface area contributed by atoms with Gasteiger partial charge < -0.3 is 15.0 Å². The Hall–Kier alpha value is -2.34. The van der Waals surface area contributed by atoms with Crippen molar-refractivity contribution in [3.8, 4) is 0 Å². The Bertz CT molecular complexity index is 663. The molecule has 3 rings (SSSR count). The topological polar surface area (TPSA) is 59.4 Å². The number of piperidine rings is 1. The fourth-order valence-corrected chi connectivity index (χ4v) is 3.00. The van der Waals surface area contributed by atoms with E-state index >= 15 is 0 Å². The van der Waals surface area contributed by atoms with Crippen molar-refractivity contribution in [3.63, 3.8) is 0 Å². The van der Waals surface area contributed by atoms with E-state index in [9.17, 15) is 4.79 Å². The Kier molecular flexibility index (Phi) is 5.15. The average molecular weight is 328 g/mol. The minimum absolute atomic E-state index is 0.0727. The number of anilines is 1. The maximum atomic E-state index is 12.3. The maximum Gasteiger partial charge on any atom is 0.321 e. The Morgan fingerprint density at radius 2 is 2.00 bits per heavy atom. The minimum atomic E-state index is -0.0727. The molecule has 2 heterocycles. The molecule has 1 fully saturated rings. The van der Waals surface area contributed by atoms with Crippen LogP contribution in [-0.4, -0.2) is 47.0 Å². The summed E-state index contributed by atoms with van der Waals surface area (Å²) < 4.78 is 7.20. The normalized spacial score (nSPS) is 16.8. The quantitative estimate of drug-likeness (QED) is 0.938. The Morgan fingerprint density at radius 1 is 1.29 bits per heavy atom. The van der Waals surface area contributed by atoms with Crippen molar-refractivity contribution in [3.05, 3.63) is 48.3 Å². The van der Waals surface area contributed by atoms with Crippen LogP contribution in [0.3, 0.4) is 0 Å². The number of likely N-dealkylation sites (tertiary alicyclic amines) is 1. The van der Waals surface area contributed by atoms with Crippen molar-refractivity contribution in [2.45, 2.75) is 31.9 Å². The number of rotatable bonds is 4. The Morgan fingerprint density at radius 3 is 2.67 bits per heavy atom. The lowest BCUT2D eigenvalue weighted by molar-refractivity contribution is 0.0521. The SMILES string of the molecule is COC1CCN(C(=O)Nc2cnn(C(C)c3ccccc3)c2)CC1. The molecule has 6 heteroatoms. The van der Waals surface area contributed by atoms with Gasteiger partial charge in [-0.05, 0) is 25.3 Å². The summed E-state index contributed by atoms with van der Waals surface area (Å²) in [6.07, 6.45) is 5.60. The summed E-state index contributed by atoms with van der Waals surface area (Å²) in [5.41, 5.74) is 1.90. The number of carbonyl (C=O) groups is 1. The van der Waals surface area contributed by atoms with Crippen molar-refractivity contribution in [1.82, 2.24) is 14.7 Å². The molecule has 1 aliphatic rings. The first-order valence-corrected chi connectivity index (χ1v) is 8.35. The standard InChI is InChI=1S/C18H24N4O2/c1-14(15-6-4-3-5-7-15)22-13-16(12-19-22)20-18(23)21-10-8-17(24-2)9-11-21/h3-7,12-14,17H,8-11H2,1-2H3,(H,20,23). The molecule has 6 nitrogen and oxygen atoms in total. The van der Waals surface area contributed by atoms with Crippen LogP contribution in [0.1, 0.15) is 31.4 Å². The van der Waals surface area contributed by atoms with E-state index in [1.165, 1.54) is 5.56 Å². The highest BCUT2D eigenvalue weighted by Crippen LogP contribution is 2.19. The van der Waals surface area contributed by atoms with Crippen molar-refractivity contribution < 1.29 is 9.53 Å². The van der Waals surface area contributed by atoms with E-state index in [2.05, 4.69) is 29.5 Å². The molecule has 0 bridgehead atoms. The zero-order valence-electron chi connectivity index (χ0n) is 14.2. The lowest BCUT2D eigenvalue weighted by atomic mass is 10.1. The van der Waals surface area contributed by atoms with Crippen LogP contribution in [0.25, 0.3) is 0 Å². The van der Waals surface area contributed by atoms with E-state index in [4.69, 9.17) is 4.74 Å². The molecule has 0 spiro atoms. The van der Waals surface area contributed by atoms with E-state index in [0.29, 0.717) is 0 Å². The zero-order valence-corrected chi connectivity index (χ0v) is 14.2. The highest BCUT2D eigenvalue weighted by Gasteiger charge is 2.22. The number of methoxy groups -OCH3 is 1. The third-order valence-corrected chi connectivity index (χ3v) is 4.59. The van der Waals surface area contributed by atoms with Crippen LogP contribution in [0.2, 0.25) is 0 Å². The lowest BCUT2D eigenvalue weighted by Gasteiger charge is -2.31. The van der Waals surface area contributed by atoms with Crippen LogP contribution in [0, 0.1) is 0 Å². The van der Waals surface area contributed by atoms with Crippen LogP contribution in [-0.2, 0) is 4.74 Å². The number of nitrogens with zero attached hydrogens (tertiary/aromatic N) is 3. The molecule has 1 atom stereocenters. The second-order valence-corrected chi connectivity index (χ2v) is 6.15. The summed E-state index contributed by atoms with van der Waals surface area (Å²) in [5, 5.41) is 7.31. The largest absolute Gasteiger partial charge is 0.381 e. The monoisotopic (exact) mass is 328 g/mol. The van der Waals surface area contributed by atoms with Gasteiger partial charge in [-0.1, -0.05) is 30.3 Å². The van der Waals surface area contributed by atoms with Gasteiger partial charge in [-0.25, -0.2) is 4.79 Å². The zero-order chi connectivity index (χ0) is 16.9. The second kappa shape index (κ2) is 7.49. The van der Waals surface area contributed by atoms with Gasteiger partial charge in [0.1, 0.15) is 0 Å². The molecule has 0 saturated carbocycles. The molecule has 1 N–H and O–H groups in total. The molecule has 1 aromatic carbocycles. The van der Waals surface area contributed by atoms with E-state index in [1.54, 1.807) is 13.3 Å². The molecule has 1 saturated heterocycles. The second-order valence-electron chi connectivity index (χ2n) is 6.15. The van der Waals surface area contributed by atoms with Gasteiger partial charge in [0.2, 0.25) is 0 Å². The van der Waals surface area contributed by atoms with Gasteiger partial charge in [-0.3, -0.25) is 4.68 Å². The van der Waals surface area contributed by atoms with Gasteiger partial charge in [0.05, 0.1) is 24.0 Å². The van der Waals surface area contributed by atoms with Gasteiger partial charge in [0.25, 0.3) is 0 Å². The lowest BCUT2D eigenvalue weighted by Crippen LogP contribution is -2.42. The number of nitrogens with one attached hydrogen (secondary N) is 1. The Labute approximate surface area is 142 Å². The van der Waals surface area contributed by atoms with Crippen LogP contribution in [0.4, 0.5) is 10.5 Å². The minimum Gasteiger partial charge on any atom is -0.381 e. The highest BCUT2D eigenvalue weighted by molar-refractivity contribution is 5.89. The highest BCUT2D eigenvalue weighted by atomic mass is 16.5. The van der Waals surface area contributed by atoms with Crippen LogP contribution < -0.4 is 5.32 Å². The van der Waals surface area contributed by atoms with Crippen LogP contribution in [0.15, 0.2) is 42.7 Å². The summed E-state index contributed by atoms with van der Waals surface area (Å²) in [5.74, 6) is 0. The fraction of sp³-hybridized carbons (Fsp3) is 0.444. The number of amides is 2. The molecule has 24 heavy (non-hydrogen) atoms. The molecule has 0 aliphatic carbocycles. The fourth-order valence-electron chi connectivity index (χ4n) is 3.00. The number of ether oxygens (including phenoxy) is 1.